The van der Waals surface area contributed by atoms with E-state index < -0.39 is 5.82 Å². The standard InChI is InChI=1S/C12H10FN7S/c1-14-11-15-7-9(13)10(16-11)21-12-17-18-19-20(12)8-5-3-2-4-6-8/h2-7H,1H3,(H,14,15,16). The molecule has 0 aliphatic rings. The van der Waals surface area contributed by atoms with Gasteiger partial charge in [0.05, 0.1) is 11.9 Å². The fraction of sp³-hybridized carbons (Fsp3) is 0.0833. The largest absolute Gasteiger partial charge is 0.357 e. The van der Waals surface area contributed by atoms with E-state index in [4.69, 9.17) is 0 Å². The Hall–Kier alpha value is -2.55. The Labute approximate surface area is 123 Å². The molecule has 0 saturated carbocycles. The molecule has 0 atom stereocenters. The van der Waals surface area contributed by atoms with E-state index in [0.29, 0.717) is 11.1 Å². The Morgan fingerprint density at radius 1 is 1.24 bits per heavy atom. The number of nitrogens with zero attached hydrogens (tertiary/aromatic N) is 6. The van der Waals surface area contributed by atoms with Crippen LogP contribution in [0, 0.1) is 5.82 Å². The molecule has 7 nitrogen and oxygen atoms in total. The molecule has 0 fully saturated rings. The summed E-state index contributed by atoms with van der Waals surface area (Å²) in [6.07, 6.45) is 1.11. The first-order chi connectivity index (χ1) is 10.3. The molecule has 0 spiro atoms. The molecule has 0 unspecified atom stereocenters. The van der Waals surface area contributed by atoms with Crippen molar-refractivity contribution >= 4 is 17.7 Å². The lowest BCUT2D eigenvalue weighted by Gasteiger charge is -2.05. The lowest BCUT2D eigenvalue weighted by atomic mass is 10.3. The topological polar surface area (TPSA) is 81.4 Å². The highest BCUT2D eigenvalue weighted by molar-refractivity contribution is 7.99. The normalized spacial score (nSPS) is 10.6. The van der Waals surface area contributed by atoms with Gasteiger partial charge in [-0.2, -0.15) is 4.68 Å². The summed E-state index contributed by atoms with van der Waals surface area (Å²) >= 11 is 1.03. The van der Waals surface area contributed by atoms with Crippen LogP contribution < -0.4 is 5.32 Å². The summed E-state index contributed by atoms with van der Waals surface area (Å²) in [4.78, 5) is 7.86. The van der Waals surface area contributed by atoms with Gasteiger partial charge in [0, 0.05) is 7.05 Å². The lowest BCUT2D eigenvalue weighted by Crippen LogP contribution is -2.01. The van der Waals surface area contributed by atoms with Gasteiger partial charge in [0.25, 0.3) is 0 Å². The molecule has 0 aliphatic heterocycles. The number of para-hydroxylation sites is 1. The molecule has 2 aromatic heterocycles. The van der Waals surface area contributed by atoms with Crippen molar-refractivity contribution in [2.75, 3.05) is 12.4 Å². The summed E-state index contributed by atoms with van der Waals surface area (Å²) in [5, 5.41) is 14.8. The maximum atomic E-state index is 13.8. The number of hydrogen-bond acceptors (Lipinski definition) is 7. The molecule has 21 heavy (non-hydrogen) atoms. The molecule has 0 aliphatic carbocycles. The van der Waals surface area contributed by atoms with E-state index in [1.807, 2.05) is 30.3 Å². The fourth-order valence-corrected chi connectivity index (χ4v) is 2.36. The van der Waals surface area contributed by atoms with Crippen LogP contribution in [0.1, 0.15) is 0 Å². The van der Waals surface area contributed by atoms with Gasteiger partial charge in [0.1, 0.15) is 5.03 Å². The fourth-order valence-electron chi connectivity index (χ4n) is 1.60. The van der Waals surface area contributed by atoms with Crippen molar-refractivity contribution in [3.8, 4) is 5.69 Å². The van der Waals surface area contributed by atoms with Crippen molar-refractivity contribution in [2.45, 2.75) is 10.2 Å². The number of aromatic nitrogens is 6. The van der Waals surface area contributed by atoms with E-state index in [1.165, 1.54) is 4.68 Å². The van der Waals surface area contributed by atoms with Gasteiger partial charge >= 0.3 is 0 Å². The van der Waals surface area contributed by atoms with Crippen LogP contribution >= 0.6 is 11.8 Å². The van der Waals surface area contributed by atoms with Gasteiger partial charge < -0.3 is 5.32 Å². The molecule has 0 saturated heterocycles. The second-order valence-electron chi connectivity index (χ2n) is 3.91. The molecule has 0 amide bonds. The Morgan fingerprint density at radius 2 is 2.05 bits per heavy atom. The highest BCUT2D eigenvalue weighted by Crippen LogP contribution is 2.27. The van der Waals surface area contributed by atoms with E-state index in [9.17, 15) is 4.39 Å². The molecule has 0 radical (unpaired) electrons. The van der Waals surface area contributed by atoms with Crippen LogP contribution in [-0.2, 0) is 0 Å². The summed E-state index contributed by atoms with van der Waals surface area (Å²) < 4.78 is 15.3. The van der Waals surface area contributed by atoms with Crippen LogP contribution in [0.25, 0.3) is 5.69 Å². The van der Waals surface area contributed by atoms with Crippen molar-refractivity contribution in [3.63, 3.8) is 0 Å². The molecule has 106 valence electrons. The van der Waals surface area contributed by atoms with Crippen molar-refractivity contribution in [3.05, 3.63) is 42.3 Å². The number of nitrogens with one attached hydrogen (secondary N) is 1. The molecule has 2 heterocycles. The zero-order valence-electron chi connectivity index (χ0n) is 10.9. The summed E-state index contributed by atoms with van der Waals surface area (Å²) in [6, 6.07) is 9.35. The van der Waals surface area contributed by atoms with Crippen LogP contribution in [0.2, 0.25) is 0 Å². The van der Waals surface area contributed by atoms with Crippen molar-refractivity contribution in [1.82, 2.24) is 30.2 Å². The zero-order chi connectivity index (χ0) is 14.7. The van der Waals surface area contributed by atoms with Crippen LogP contribution in [0.3, 0.4) is 0 Å². The number of halogens is 1. The first kappa shape index (κ1) is 13.4. The Bertz CT molecular complexity index is 746. The maximum absolute atomic E-state index is 13.8. The number of tetrazole rings is 1. The first-order valence-corrected chi connectivity index (χ1v) is 6.81. The van der Waals surface area contributed by atoms with Crippen molar-refractivity contribution in [2.24, 2.45) is 0 Å². The predicted molar refractivity (Wildman–Crippen MR) is 74.8 cm³/mol. The number of benzene rings is 1. The van der Waals surface area contributed by atoms with Gasteiger partial charge in [0.2, 0.25) is 11.1 Å². The summed E-state index contributed by atoms with van der Waals surface area (Å²) in [7, 11) is 1.66. The Kier molecular flexibility index (Phi) is 3.73. The van der Waals surface area contributed by atoms with Gasteiger partial charge in [-0.3, -0.25) is 0 Å². The van der Waals surface area contributed by atoms with Gasteiger partial charge in [-0.1, -0.05) is 18.2 Å². The molecule has 1 aromatic carbocycles. The van der Waals surface area contributed by atoms with Gasteiger partial charge in [-0.25, -0.2) is 14.4 Å². The molecule has 0 bridgehead atoms. The van der Waals surface area contributed by atoms with E-state index >= 15 is 0 Å². The number of rotatable bonds is 4. The quantitative estimate of drug-likeness (QED) is 0.736. The van der Waals surface area contributed by atoms with Crippen molar-refractivity contribution < 1.29 is 4.39 Å². The SMILES string of the molecule is CNc1ncc(F)c(Sc2nnnn2-c2ccccc2)n1. The number of anilines is 1. The molecule has 1 N–H and O–H groups in total. The summed E-state index contributed by atoms with van der Waals surface area (Å²) in [5.74, 6) is -0.195. The smallest absolute Gasteiger partial charge is 0.223 e. The second kappa shape index (κ2) is 5.83. The third kappa shape index (κ3) is 2.82. The van der Waals surface area contributed by atoms with Gasteiger partial charge in [0.15, 0.2) is 5.82 Å². The van der Waals surface area contributed by atoms with Crippen LogP contribution in [0.15, 0.2) is 46.7 Å². The molecule has 3 rings (SSSR count). The molecular weight excluding hydrogens is 293 g/mol. The first-order valence-electron chi connectivity index (χ1n) is 6.00. The summed E-state index contributed by atoms with van der Waals surface area (Å²) in [5.41, 5.74) is 0.785. The third-order valence-corrected chi connectivity index (χ3v) is 3.48. The van der Waals surface area contributed by atoms with Gasteiger partial charge in [-0.05, 0) is 34.3 Å². The summed E-state index contributed by atoms with van der Waals surface area (Å²) in [6.45, 7) is 0. The van der Waals surface area contributed by atoms with Crippen LogP contribution in [-0.4, -0.2) is 37.2 Å². The highest BCUT2D eigenvalue weighted by atomic mass is 32.2. The third-order valence-electron chi connectivity index (χ3n) is 2.57. The minimum absolute atomic E-state index is 0.154. The minimum Gasteiger partial charge on any atom is -0.357 e. The van der Waals surface area contributed by atoms with E-state index in [0.717, 1.165) is 23.6 Å². The highest BCUT2D eigenvalue weighted by Gasteiger charge is 2.15. The lowest BCUT2D eigenvalue weighted by molar-refractivity contribution is 0.579. The Morgan fingerprint density at radius 3 is 2.81 bits per heavy atom. The predicted octanol–water partition coefficient (Wildman–Crippen LogP) is 1.78. The van der Waals surface area contributed by atoms with Gasteiger partial charge in [-0.15, -0.1) is 5.10 Å². The van der Waals surface area contributed by atoms with Crippen LogP contribution in [0.4, 0.5) is 10.3 Å². The second-order valence-corrected chi connectivity index (χ2v) is 4.86. The molecular formula is C12H10FN7S. The maximum Gasteiger partial charge on any atom is 0.223 e. The van der Waals surface area contributed by atoms with E-state index in [1.54, 1.807) is 7.05 Å². The molecule has 9 heteroatoms. The average Bonchev–Trinajstić information content (AvgIpc) is 2.98. The number of hydrogen-bond donors (Lipinski definition) is 1. The minimum atomic E-state index is -0.526. The average molecular weight is 303 g/mol. The van der Waals surface area contributed by atoms with E-state index in [2.05, 4.69) is 30.8 Å². The monoisotopic (exact) mass is 303 g/mol. The van der Waals surface area contributed by atoms with E-state index in [-0.39, 0.29) is 5.03 Å². The molecule has 3 aromatic rings. The Balaban J connectivity index is 1.95. The zero-order valence-corrected chi connectivity index (χ0v) is 11.8. The van der Waals surface area contributed by atoms with Crippen molar-refractivity contribution in [1.29, 1.82) is 0 Å². The van der Waals surface area contributed by atoms with Crippen LogP contribution in [0.5, 0.6) is 0 Å².